The predicted molar refractivity (Wildman–Crippen MR) is 64.8 cm³/mol. The van der Waals surface area contributed by atoms with Gasteiger partial charge in [0, 0.05) is 23.5 Å². The molecule has 0 bridgehead atoms. The summed E-state index contributed by atoms with van der Waals surface area (Å²) in [6.45, 7) is 8.36. The summed E-state index contributed by atoms with van der Waals surface area (Å²) in [5.41, 5.74) is 3.07. The molecule has 1 aromatic heterocycles. The van der Waals surface area contributed by atoms with E-state index in [4.69, 9.17) is 0 Å². The third-order valence-electron chi connectivity index (χ3n) is 3.16. The van der Waals surface area contributed by atoms with Crippen molar-refractivity contribution < 1.29 is 4.79 Å². The number of carbonyl (C=O) groups excluding carboxylic acids is 1. The van der Waals surface area contributed by atoms with Gasteiger partial charge in [0.15, 0.2) is 0 Å². The molecule has 0 unspecified atom stereocenters. The monoisotopic (exact) mass is 220 g/mol. The summed E-state index contributed by atoms with van der Waals surface area (Å²) in [5, 5.41) is 3.04. The second kappa shape index (κ2) is 3.96. The molecule has 2 rings (SSSR count). The maximum absolute atomic E-state index is 12.0. The lowest BCUT2D eigenvalue weighted by atomic mass is 10.2. The molecule has 1 fully saturated rings. The van der Waals surface area contributed by atoms with Crippen molar-refractivity contribution in [1.29, 1.82) is 0 Å². The lowest BCUT2D eigenvalue weighted by molar-refractivity contribution is 0.0950. The summed E-state index contributed by atoms with van der Waals surface area (Å²) in [6.07, 6.45) is 2.27. The normalized spacial score (nSPS) is 15.6. The van der Waals surface area contributed by atoms with Gasteiger partial charge in [-0.2, -0.15) is 0 Å². The number of aryl methyl sites for hydroxylation is 1. The second-order valence-electron chi connectivity index (χ2n) is 5.00. The van der Waals surface area contributed by atoms with Crippen LogP contribution in [-0.2, 0) is 0 Å². The van der Waals surface area contributed by atoms with Gasteiger partial charge >= 0.3 is 0 Å². The molecule has 16 heavy (non-hydrogen) atoms. The Balaban J connectivity index is 2.26. The Labute approximate surface area is 96.8 Å². The van der Waals surface area contributed by atoms with E-state index in [2.05, 4.69) is 30.7 Å². The van der Waals surface area contributed by atoms with Gasteiger partial charge in [0.25, 0.3) is 5.91 Å². The van der Waals surface area contributed by atoms with Crippen LogP contribution in [0.15, 0.2) is 6.07 Å². The van der Waals surface area contributed by atoms with E-state index in [0.717, 1.165) is 29.8 Å². The summed E-state index contributed by atoms with van der Waals surface area (Å²) in [4.78, 5) is 12.0. The van der Waals surface area contributed by atoms with Crippen LogP contribution in [0.1, 0.15) is 54.5 Å². The third kappa shape index (κ3) is 1.99. The summed E-state index contributed by atoms with van der Waals surface area (Å²) in [5.74, 6) is 0.0856. The zero-order valence-corrected chi connectivity index (χ0v) is 10.5. The van der Waals surface area contributed by atoms with Gasteiger partial charge in [0.1, 0.15) is 0 Å². The van der Waals surface area contributed by atoms with Crippen LogP contribution in [0.5, 0.6) is 0 Å². The van der Waals surface area contributed by atoms with Gasteiger partial charge in [0.2, 0.25) is 0 Å². The van der Waals surface area contributed by atoms with Gasteiger partial charge in [-0.1, -0.05) is 0 Å². The highest BCUT2D eigenvalue weighted by molar-refractivity contribution is 5.96. The van der Waals surface area contributed by atoms with Crippen molar-refractivity contribution in [3.63, 3.8) is 0 Å². The lowest BCUT2D eigenvalue weighted by Crippen LogP contribution is -2.25. The van der Waals surface area contributed by atoms with E-state index in [1.54, 1.807) is 0 Å². The highest BCUT2D eigenvalue weighted by Gasteiger charge is 2.25. The van der Waals surface area contributed by atoms with E-state index >= 15 is 0 Å². The van der Waals surface area contributed by atoms with Crippen molar-refractivity contribution in [2.45, 2.75) is 52.6 Å². The first kappa shape index (κ1) is 11.2. The average molecular weight is 220 g/mol. The van der Waals surface area contributed by atoms with Crippen LogP contribution in [0.3, 0.4) is 0 Å². The number of rotatable bonds is 3. The van der Waals surface area contributed by atoms with Crippen LogP contribution in [0.2, 0.25) is 0 Å². The molecule has 3 nitrogen and oxygen atoms in total. The van der Waals surface area contributed by atoms with E-state index < -0.39 is 0 Å². The highest BCUT2D eigenvalue weighted by Crippen LogP contribution is 2.23. The topological polar surface area (TPSA) is 34.0 Å². The van der Waals surface area contributed by atoms with E-state index in [9.17, 15) is 4.79 Å². The van der Waals surface area contributed by atoms with Gasteiger partial charge in [-0.25, -0.2) is 0 Å². The molecule has 3 heteroatoms. The number of hydrogen-bond donors (Lipinski definition) is 1. The van der Waals surface area contributed by atoms with Gasteiger partial charge in [0.05, 0.1) is 5.56 Å². The van der Waals surface area contributed by atoms with E-state index in [1.807, 2.05) is 13.0 Å². The maximum Gasteiger partial charge on any atom is 0.253 e. The van der Waals surface area contributed by atoms with Crippen LogP contribution < -0.4 is 5.32 Å². The number of nitrogens with one attached hydrogen (secondary N) is 1. The minimum Gasteiger partial charge on any atom is -0.349 e. The molecule has 0 radical (unpaired) electrons. The molecule has 1 amide bonds. The van der Waals surface area contributed by atoms with E-state index in [1.165, 1.54) is 0 Å². The number of carbonyl (C=O) groups is 1. The van der Waals surface area contributed by atoms with Gasteiger partial charge < -0.3 is 9.88 Å². The number of nitrogens with zero attached hydrogens (tertiary/aromatic N) is 1. The average Bonchev–Trinajstić information content (AvgIpc) is 2.91. The van der Waals surface area contributed by atoms with E-state index in [-0.39, 0.29) is 5.91 Å². The summed E-state index contributed by atoms with van der Waals surface area (Å²) < 4.78 is 2.21. The fourth-order valence-corrected chi connectivity index (χ4v) is 2.29. The van der Waals surface area contributed by atoms with E-state index in [0.29, 0.717) is 12.1 Å². The first-order chi connectivity index (χ1) is 7.50. The molecule has 0 spiro atoms. The molecule has 1 N–H and O–H groups in total. The van der Waals surface area contributed by atoms with Crippen LogP contribution >= 0.6 is 0 Å². The van der Waals surface area contributed by atoms with Crippen molar-refractivity contribution >= 4 is 5.91 Å². The first-order valence-electron chi connectivity index (χ1n) is 6.00. The zero-order valence-electron chi connectivity index (χ0n) is 10.5. The first-order valence-corrected chi connectivity index (χ1v) is 6.00. The summed E-state index contributed by atoms with van der Waals surface area (Å²) in [6, 6.07) is 2.82. The SMILES string of the molecule is Cc1cc(C(=O)NC2CC2)c(C)n1C(C)C. The fourth-order valence-electron chi connectivity index (χ4n) is 2.29. The van der Waals surface area contributed by atoms with Crippen molar-refractivity contribution in [1.82, 2.24) is 9.88 Å². The lowest BCUT2D eigenvalue weighted by Gasteiger charge is -2.13. The van der Waals surface area contributed by atoms with Crippen LogP contribution in [0.25, 0.3) is 0 Å². The smallest absolute Gasteiger partial charge is 0.253 e. The highest BCUT2D eigenvalue weighted by atomic mass is 16.1. The number of amides is 1. The predicted octanol–water partition coefficient (Wildman–Crippen LogP) is 2.58. The second-order valence-corrected chi connectivity index (χ2v) is 5.00. The molecule has 1 aliphatic rings. The largest absolute Gasteiger partial charge is 0.349 e. The van der Waals surface area contributed by atoms with Crippen molar-refractivity contribution in [3.8, 4) is 0 Å². The molecule has 0 aliphatic heterocycles. The van der Waals surface area contributed by atoms with Crippen molar-refractivity contribution in [2.24, 2.45) is 0 Å². The molecule has 0 atom stereocenters. The molecule has 0 saturated heterocycles. The Kier molecular flexibility index (Phi) is 2.78. The zero-order chi connectivity index (χ0) is 11.9. The summed E-state index contributed by atoms with van der Waals surface area (Å²) in [7, 11) is 0. The number of aromatic nitrogens is 1. The molecule has 0 aromatic carbocycles. The Morgan fingerprint density at radius 2 is 2.06 bits per heavy atom. The summed E-state index contributed by atoms with van der Waals surface area (Å²) >= 11 is 0. The Morgan fingerprint density at radius 3 is 2.50 bits per heavy atom. The Bertz CT molecular complexity index is 414. The number of hydrogen-bond acceptors (Lipinski definition) is 1. The molecule has 1 heterocycles. The maximum atomic E-state index is 12.0. The Morgan fingerprint density at radius 1 is 1.44 bits per heavy atom. The Hall–Kier alpha value is -1.25. The van der Waals surface area contributed by atoms with Crippen LogP contribution in [-0.4, -0.2) is 16.5 Å². The molecule has 1 aromatic rings. The standard InChI is InChI=1S/C13H20N2O/c1-8(2)15-9(3)7-12(10(15)4)13(16)14-11-5-6-11/h7-8,11H,5-6H2,1-4H3,(H,14,16). The quantitative estimate of drug-likeness (QED) is 0.834. The molecular formula is C13H20N2O. The molecular weight excluding hydrogens is 200 g/mol. The van der Waals surface area contributed by atoms with Gasteiger partial charge in [-0.3, -0.25) is 4.79 Å². The van der Waals surface area contributed by atoms with Gasteiger partial charge in [-0.05, 0) is 46.6 Å². The van der Waals surface area contributed by atoms with Crippen molar-refractivity contribution in [3.05, 3.63) is 23.0 Å². The third-order valence-corrected chi connectivity index (χ3v) is 3.16. The van der Waals surface area contributed by atoms with Crippen LogP contribution in [0.4, 0.5) is 0 Å². The van der Waals surface area contributed by atoms with Crippen molar-refractivity contribution in [2.75, 3.05) is 0 Å². The minimum absolute atomic E-state index is 0.0856. The minimum atomic E-state index is 0.0856. The van der Waals surface area contributed by atoms with Crippen LogP contribution in [0, 0.1) is 13.8 Å². The van der Waals surface area contributed by atoms with Gasteiger partial charge in [-0.15, -0.1) is 0 Å². The molecule has 1 saturated carbocycles. The fraction of sp³-hybridized carbons (Fsp3) is 0.615. The molecule has 1 aliphatic carbocycles. The molecule has 88 valence electrons.